The van der Waals surface area contributed by atoms with Gasteiger partial charge in [0.15, 0.2) is 0 Å². The summed E-state index contributed by atoms with van der Waals surface area (Å²) in [7, 11) is 0. The Morgan fingerprint density at radius 1 is 1.67 bits per heavy atom. The highest BCUT2D eigenvalue weighted by Crippen LogP contribution is 2.03. The summed E-state index contributed by atoms with van der Waals surface area (Å²) in [5, 5.41) is 6.80. The Kier molecular flexibility index (Phi) is 2.63. The summed E-state index contributed by atoms with van der Waals surface area (Å²) >= 11 is 0. The van der Waals surface area contributed by atoms with Gasteiger partial charge in [0.05, 0.1) is 12.1 Å². The van der Waals surface area contributed by atoms with Crippen LogP contribution in [-0.2, 0) is 11.2 Å². The van der Waals surface area contributed by atoms with Crippen LogP contribution in [0.2, 0.25) is 0 Å². The monoisotopic (exact) mass is 166 g/mol. The van der Waals surface area contributed by atoms with Crippen molar-refractivity contribution in [2.24, 2.45) is 5.92 Å². The van der Waals surface area contributed by atoms with Gasteiger partial charge in [-0.3, -0.25) is 9.89 Å². The summed E-state index contributed by atoms with van der Waals surface area (Å²) in [6.07, 6.45) is 0.446. The molecule has 0 aliphatic rings. The van der Waals surface area contributed by atoms with Crippen LogP contribution in [0, 0.1) is 12.8 Å². The first-order chi connectivity index (χ1) is 5.59. The zero-order valence-corrected chi connectivity index (χ0v) is 7.72. The summed E-state index contributed by atoms with van der Waals surface area (Å²) in [6, 6.07) is 1.90. The lowest BCUT2D eigenvalue weighted by molar-refractivity contribution is -0.121. The second kappa shape index (κ2) is 3.52. The van der Waals surface area contributed by atoms with Gasteiger partial charge in [0.25, 0.3) is 0 Å². The molecule has 0 aliphatic carbocycles. The standard InChI is InChI=1S/C9H14N2O/c1-6(2)9(12)5-8-4-7(3)10-11-8/h4,6H,5H2,1-3H3,(H,10,11). The molecule has 0 spiro atoms. The van der Waals surface area contributed by atoms with Crippen LogP contribution >= 0.6 is 0 Å². The van der Waals surface area contributed by atoms with Crippen molar-refractivity contribution >= 4 is 5.78 Å². The number of aromatic nitrogens is 2. The summed E-state index contributed by atoms with van der Waals surface area (Å²) in [5.41, 5.74) is 1.84. The van der Waals surface area contributed by atoms with Crippen molar-refractivity contribution in [3.05, 3.63) is 17.5 Å². The number of hydrogen-bond donors (Lipinski definition) is 1. The predicted octanol–water partition coefficient (Wildman–Crippen LogP) is 1.49. The topological polar surface area (TPSA) is 45.8 Å². The average molecular weight is 166 g/mol. The number of ketones is 1. The van der Waals surface area contributed by atoms with E-state index in [2.05, 4.69) is 10.2 Å². The molecule has 0 saturated carbocycles. The molecule has 3 nitrogen and oxygen atoms in total. The minimum absolute atomic E-state index is 0.0991. The van der Waals surface area contributed by atoms with Crippen LogP contribution in [0.1, 0.15) is 25.2 Å². The molecule has 1 rings (SSSR count). The van der Waals surface area contributed by atoms with E-state index in [-0.39, 0.29) is 11.7 Å². The van der Waals surface area contributed by atoms with Crippen LogP contribution in [0.15, 0.2) is 6.07 Å². The maximum atomic E-state index is 11.3. The van der Waals surface area contributed by atoms with Crippen molar-refractivity contribution in [3.8, 4) is 0 Å². The molecule has 0 radical (unpaired) electrons. The van der Waals surface area contributed by atoms with Gasteiger partial charge in [0, 0.05) is 11.6 Å². The molecule has 1 aromatic rings. The van der Waals surface area contributed by atoms with E-state index in [1.54, 1.807) is 0 Å². The van der Waals surface area contributed by atoms with Crippen LogP contribution in [0.25, 0.3) is 0 Å². The maximum Gasteiger partial charge on any atom is 0.141 e. The number of hydrogen-bond acceptors (Lipinski definition) is 2. The molecule has 0 bridgehead atoms. The second-order valence-corrected chi connectivity index (χ2v) is 3.34. The molecule has 0 atom stereocenters. The fourth-order valence-corrected chi connectivity index (χ4v) is 0.948. The number of H-pyrrole nitrogens is 1. The molecule has 0 aromatic carbocycles. The number of carbonyl (C=O) groups is 1. The Labute approximate surface area is 72.2 Å². The lowest BCUT2D eigenvalue weighted by atomic mass is 10.0. The zero-order valence-electron chi connectivity index (χ0n) is 7.72. The molecule has 0 aliphatic heterocycles. The molecule has 66 valence electrons. The van der Waals surface area contributed by atoms with Gasteiger partial charge < -0.3 is 0 Å². The van der Waals surface area contributed by atoms with Gasteiger partial charge in [-0.1, -0.05) is 13.8 Å². The molecule has 0 unspecified atom stereocenters. The Morgan fingerprint density at radius 3 is 2.75 bits per heavy atom. The van der Waals surface area contributed by atoms with E-state index in [1.807, 2.05) is 26.8 Å². The number of Topliss-reactive ketones (excluding diaryl/α,β-unsaturated/α-hetero) is 1. The number of carbonyl (C=O) groups excluding carboxylic acids is 1. The third kappa shape index (κ3) is 2.19. The highest BCUT2D eigenvalue weighted by Gasteiger charge is 2.09. The minimum atomic E-state index is 0.0991. The number of aryl methyl sites for hydroxylation is 1. The SMILES string of the molecule is Cc1cc(CC(=O)C(C)C)n[nH]1. The lowest BCUT2D eigenvalue weighted by Crippen LogP contribution is -2.10. The van der Waals surface area contributed by atoms with E-state index in [1.165, 1.54) is 0 Å². The summed E-state index contributed by atoms with van der Waals surface area (Å²) in [4.78, 5) is 11.3. The zero-order chi connectivity index (χ0) is 9.14. The molecule has 1 aromatic heterocycles. The first kappa shape index (κ1) is 8.97. The van der Waals surface area contributed by atoms with E-state index in [4.69, 9.17) is 0 Å². The van der Waals surface area contributed by atoms with Gasteiger partial charge in [-0.2, -0.15) is 5.10 Å². The first-order valence-electron chi connectivity index (χ1n) is 4.13. The first-order valence-corrected chi connectivity index (χ1v) is 4.13. The van der Waals surface area contributed by atoms with Crippen molar-refractivity contribution < 1.29 is 4.79 Å². The third-order valence-electron chi connectivity index (χ3n) is 1.76. The quantitative estimate of drug-likeness (QED) is 0.739. The highest BCUT2D eigenvalue weighted by molar-refractivity contribution is 5.82. The van der Waals surface area contributed by atoms with Crippen LogP contribution in [0.5, 0.6) is 0 Å². The normalized spacial score (nSPS) is 10.7. The number of rotatable bonds is 3. The van der Waals surface area contributed by atoms with Gasteiger partial charge in [-0.25, -0.2) is 0 Å². The highest BCUT2D eigenvalue weighted by atomic mass is 16.1. The van der Waals surface area contributed by atoms with Crippen molar-refractivity contribution in [2.75, 3.05) is 0 Å². The van der Waals surface area contributed by atoms with Crippen LogP contribution in [0.4, 0.5) is 0 Å². The van der Waals surface area contributed by atoms with E-state index in [0.29, 0.717) is 6.42 Å². The number of nitrogens with zero attached hydrogens (tertiary/aromatic N) is 1. The van der Waals surface area contributed by atoms with Gasteiger partial charge in [0.1, 0.15) is 5.78 Å². The van der Waals surface area contributed by atoms with E-state index < -0.39 is 0 Å². The second-order valence-electron chi connectivity index (χ2n) is 3.34. The summed E-state index contributed by atoms with van der Waals surface area (Å²) < 4.78 is 0. The van der Waals surface area contributed by atoms with Crippen molar-refractivity contribution in [2.45, 2.75) is 27.2 Å². The Balaban J connectivity index is 2.58. The maximum absolute atomic E-state index is 11.3. The third-order valence-corrected chi connectivity index (χ3v) is 1.76. The van der Waals surface area contributed by atoms with Gasteiger partial charge in [-0.15, -0.1) is 0 Å². The Bertz CT molecular complexity index is 276. The summed E-state index contributed by atoms with van der Waals surface area (Å²) in [5.74, 6) is 0.337. The Hall–Kier alpha value is -1.12. The molecule has 12 heavy (non-hydrogen) atoms. The molecular formula is C9H14N2O. The smallest absolute Gasteiger partial charge is 0.141 e. The van der Waals surface area contributed by atoms with Crippen LogP contribution < -0.4 is 0 Å². The predicted molar refractivity (Wildman–Crippen MR) is 46.9 cm³/mol. The van der Waals surface area contributed by atoms with E-state index in [9.17, 15) is 4.79 Å². The van der Waals surface area contributed by atoms with Crippen LogP contribution in [0.3, 0.4) is 0 Å². The van der Waals surface area contributed by atoms with Crippen molar-refractivity contribution in [1.82, 2.24) is 10.2 Å². The van der Waals surface area contributed by atoms with E-state index in [0.717, 1.165) is 11.4 Å². The average Bonchev–Trinajstić information content (AvgIpc) is 2.35. The fourth-order valence-electron chi connectivity index (χ4n) is 0.948. The molecule has 0 fully saturated rings. The summed E-state index contributed by atoms with van der Waals surface area (Å²) in [6.45, 7) is 5.74. The van der Waals surface area contributed by atoms with Crippen molar-refractivity contribution in [3.63, 3.8) is 0 Å². The molecular weight excluding hydrogens is 152 g/mol. The Morgan fingerprint density at radius 2 is 2.33 bits per heavy atom. The molecule has 1 N–H and O–H groups in total. The van der Waals surface area contributed by atoms with E-state index >= 15 is 0 Å². The van der Waals surface area contributed by atoms with Crippen molar-refractivity contribution in [1.29, 1.82) is 0 Å². The fraction of sp³-hybridized carbons (Fsp3) is 0.556. The van der Waals surface area contributed by atoms with Gasteiger partial charge in [-0.05, 0) is 13.0 Å². The van der Waals surface area contributed by atoms with Gasteiger partial charge >= 0.3 is 0 Å². The number of aromatic amines is 1. The minimum Gasteiger partial charge on any atom is -0.299 e. The molecule has 3 heteroatoms. The van der Waals surface area contributed by atoms with Crippen LogP contribution in [-0.4, -0.2) is 16.0 Å². The number of nitrogens with one attached hydrogen (secondary N) is 1. The largest absolute Gasteiger partial charge is 0.299 e. The molecule has 1 heterocycles. The lowest BCUT2D eigenvalue weighted by Gasteiger charge is -1.99. The molecule has 0 saturated heterocycles. The molecule has 0 amide bonds. The van der Waals surface area contributed by atoms with Gasteiger partial charge in [0.2, 0.25) is 0 Å².